The summed E-state index contributed by atoms with van der Waals surface area (Å²) in [6, 6.07) is 10.5. The summed E-state index contributed by atoms with van der Waals surface area (Å²) in [5.41, 5.74) is 3.07. The number of halogens is 1. The maximum Gasteiger partial charge on any atom is 0.191 e. The first-order valence-electron chi connectivity index (χ1n) is 8.84. The van der Waals surface area contributed by atoms with Crippen LogP contribution in [0.2, 0.25) is 0 Å². The first kappa shape index (κ1) is 18.4. The van der Waals surface area contributed by atoms with Crippen LogP contribution in [0.25, 0.3) is 22.7 Å². The molecule has 0 fully saturated rings. The topological polar surface area (TPSA) is 69.6 Å². The lowest BCUT2D eigenvalue weighted by molar-refractivity contribution is 0.424. The molecule has 0 saturated heterocycles. The van der Waals surface area contributed by atoms with Crippen LogP contribution in [0.15, 0.2) is 58.5 Å². The van der Waals surface area contributed by atoms with Crippen LogP contribution in [0, 0.1) is 12.7 Å². The molecule has 1 aromatic carbocycles. The third-order valence-electron chi connectivity index (χ3n) is 4.27. The predicted molar refractivity (Wildman–Crippen MR) is 105 cm³/mol. The van der Waals surface area contributed by atoms with Gasteiger partial charge in [-0.1, -0.05) is 28.5 Å². The molecule has 0 atom stereocenters. The summed E-state index contributed by atoms with van der Waals surface area (Å²) in [7, 11) is 0. The second kappa shape index (κ2) is 7.93. The van der Waals surface area contributed by atoms with Crippen LogP contribution in [-0.4, -0.2) is 24.9 Å². The van der Waals surface area contributed by atoms with Crippen LogP contribution >= 0.6 is 11.8 Å². The van der Waals surface area contributed by atoms with Crippen molar-refractivity contribution < 1.29 is 8.91 Å². The minimum atomic E-state index is -0.325. The summed E-state index contributed by atoms with van der Waals surface area (Å²) in [4.78, 5) is 4.04. The molecule has 0 unspecified atom stereocenters. The lowest BCUT2D eigenvalue weighted by Gasteiger charge is -2.06. The molecular weight excluding hydrogens is 377 g/mol. The number of hydrogen-bond donors (Lipinski definition) is 0. The molecule has 4 aromatic rings. The van der Waals surface area contributed by atoms with Crippen LogP contribution in [0.5, 0.6) is 0 Å². The number of hydrogen-bond acceptors (Lipinski definition) is 6. The van der Waals surface area contributed by atoms with E-state index in [1.165, 1.54) is 17.8 Å². The number of rotatable bonds is 6. The monoisotopic (exact) mass is 395 g/mol. The van der Waals surface area contributed by atoms with E-state index in [0.717, 1.165) is 34.3 Å². The minimum Gasteiger partial charge on any atom is -0.356 e. The molecule has 8 heteroatoms. The van der Waals surface area contributed by atoms with Gasteiger partial charge < -0.3 is 9.09 Å². The summed E-state index contributed by atoms with van der Waals surface area (Å²) >= 11 is 1.51. The number of benzene rings is 1. The van der Waals surface area contributed by atoms with E-state index in [4.69, 9.17) is 4.52 Å². The fraction of sp³-hybridized carbons (Fsp3) is 0.200. The van der Waals surface area contributed by atoms with Crippen molar-refractivity contribution >= 4 is 11.8 Å². The Morgan fingerprint density at radius 1 is 1.11 bits per heavy atom. The van der Waals surface area contributed by atoms with Gasteiger partial charge in [-0.05, 0) is 38.1 Å². The van der Waals surface area contributed by atoms with Gasteiger partial charge in [-0.25, -0.2) is 4.39 Å². The van der Waals surface area contributed by atoms with E-state index >= 15 is 0 Å². The zero-order valence-electron chi connectivity index (χ0n) is 15.5. The van der Waals surface area contributed by atoms with E-state index in [2.05, 4.69) is 20.3 Å². The van der Waals surface area contributed by atoms with Gasteiger partial charge >= 0.3 is 0 Å². The summed E-state index contributed by atoms with van der Waals surface area (Å²) in [6.07, 6.45) is 3.47. The Bertz CT molecular complexity index is 1090. The van der Waals surface area contributed by atoms with Gasteiger partial charge in [0.05, 0.1) is 11.3 Å². The molecule has 0 aliphatic heterocycles. The Labute approximate surface area is 165 Å². The third kappa shape index (κ3) is 3.68. The minimum absolute atomic E-state index is 0.325. The Balaban J connectivity index is 1.52. The van der Waals surface area contributed by atoms with E-state index in [1.807, 2.05) is 30.5 Å². The molecule has 0 radical (unpaired) electrons. The van der Waals surface area contributed by atoms with Crippen molar-refractivity contribution in [3.8, 4) is 22.7 Å². The highest BCUT2D eigenvalue weighted by molar-refractivity contribution is 7.98. The van der Waals surface area contributed by atoms with E-state index in [0.29, 0.717) is 17.1 Å². The van der Waals surface area contributed by atoms with Gasteiger partial charge in [0.15, 0.2) is 16.7 Å². The summed E-state index contributed by atoms with van der Waals surface area (Å²) in [5.74, 6) is 1.45. The number of nitrogens with zero attached hydrogens (tertiary/aromatic N) is 5. The van der Waals surface area contributed by atoms with Gasteiger partial charge in [-0.3, -0.25) is 4.98 Å². The highest BCUT2D eigenvalue weighted by Crippen LogP contribution is 2.29. The van der Waals surface area contributed by atoms with Crippen molar-refractivity contribution in [1.29, 1.82) is 0 Å². The third-order valence-corrected chi connectivity index (χ3v) is 5.27. The largest absolute Gasteiger partial charge is 0.356 e. The van der Waals surface area contributed by atoms with Crippen molar-refractivity contribution in [3.05, 3.63) is 65.9 Å². The van der Waals surface area contributed by atoms with E-state index in [1.54, 1.807) is 30.6 Å². The normalized spacial score (nSPS) is 11.1. The van der Waals surface area contributed by atoms with Gasteiger partial charge in [-0.15, -0.1) is 10.2 Å². The van der Waals surface area contributed by atoms with Crippen LogP contribution in [0.4, 0.5) is 4.39 Å². The zero-order chi connectivity index (χ0) is 19.5. The first-order valence-corrected chi connectivity index (χ1v) is 9.82. The molecule has 0 aliphatic carbocycles. The Morgan fingerprint density at radius 3 is 2.71 bits per heavy atom. The highest BCUT2D eigenvalue weighted by atomic mass is 32.2. The number of thioether (sulfide) groups is 1. The van der Waals surface area contributed by atoms with Gasteiger partial charge in [0.2, 0.25) is 0 Å². The van der Waals surface area contributed by atoms with Crippen LogP contribution in [0.1, 0.15) is 18.2 Å². The molecule has 0 amide bonds. The lowest BCUT2D eigenvalue weighted by atomic mass is 10.1. The molecule has 0 spiro atoms. The Hall–Kier alpha value is -3.00. The Morgan fingerprint density at radius 2 is 1.93 bits per heavy atom. The van der Waals surface area contributed by atoms with Crippen molar-refractivity contribution in [1.82, 2.24) is 24.9 Å². The van der Waals surface area contributed by atoms with E-state index in [-0.39, 0.29) is 5.82 Å². The van der Waals surface area contributed by atoms with Crippen LogP contribution in [0.3, 0.4) is 0 Å². The summed E-state index contributed by atoms with van der Waals surface area (Å²) in [5, 5.41) is 13.5. The molecule has 0 aliphatic rings. The molecule has 6 nitrogen and oxygen atoms in total. The number of aromatic nitrogens is 5. The fourth-order valence-electron chi connectivity index (χ4n) is 2.87. The molecule has 3 aromatic heterocycles. The molecule has 0 saturated carbocycles. The van der Waals surface area contributed by atoms with Gasteiger partial charge in [0, 0.05) is 36.3 Å². The quantitative estimate of drug-likeness (QED) is 0.439. The predicted octanol–water partition coefficient (Wildman–Crippen LogP) is 4.75. The van der Waals surface area contributed by atoms with Crippen molar-refractivity contribution in [2.24, 2.45) is 0 Å². The van der Waals surface area contributed by atoms with Gasteiger partial charge in [0.1, 0.15) is 5.82 Å². The second-order valence-electron chi connectivity index (χ2n) is 6.24. The van der Waals surface area contributed by atoms with Gasteiger partial charge in [0.25, 0.3) is 0 Å². The van der Waals surface area contributed by atoms with Crippen molar-refractivity contribution in [2.45, 2.75) is 31.3 Å². The number of aryl methyl sites for hydroxylation is 1. The van der Waals surface area contributed by atoms with Gasteiger partial charge in [-0.2, -0.15) is 0 Å². The summed E-state index contributed by atoms with van der Waals surface area (Å²) in [6.45, 7) is 4.70. The smallest absolute Gasteiger partial charge is 0.191 e. The fourth-order valence-corrected chi connectivity index (χ4v) is 3.75. The molecule has 28 heavy (non-hydrogen) atoms. The molecule has 4 rings (SSSR count). The molecule has 142 valence electrons. The van der Waals surface area contributed by atoms with Crippen molar-refractivity contribution in [2.75, 3.05) is 0 Å². The SMILES string of the molecule is CCn1c(SCc2cc(-c3cc(C)ccc3F)on2)nnc1-c1ccncc1. The van der Waals surface area contributed by atoms with Crippen molar-refractivity contribution in [3.63, 3.8) is 0 Å². The Kier molecular flexibility index (Phi) is 5.21. The van der Waals surface area contributed by atoms with Crippen LogP contribution in [-0.2, 0) is 12.3 Å². The standard InChI is InChI=1S/C20H18FN5OS/c1-3-26-19(14-6-8-22-9-7-14)23-24-20(26)28-12-15-11-18(27-25-15)16-10-13(2)4-5-17(16)21/h4-11H,3,12H2,1-2H3. The molecular formula is C20H18FN5OS. The lowest BCUT2D eigenvalue weighted by Crippen LogP contribution is -2.00. The van der Waals surface area contributed by atoms with E-state index in [9.17, 15) is 4.39 Å². The summed E-state index contributed by atoms with van der Waals surface area (Å²) < 4.78 is 21.5. The molecule has 3 heterocycles. The van der Waals surface area contributed by atoms with E-state index < -0.39 is 0 Å². The molecule has 0 bridgehead atoms. The maximum absolute atomic E-state index is 14.1. The van der Waals surface area contributed by atoms with Crippen LogP contribution < -0.4 is 0 Å². The zero-order valence-corrected chi connectivity index (χ0v) is 16.3. The average Bonchev–Trinajstić information content (AvgIpc) is 3.35. The molecule has 0 N–H and O–H groups in total. The second-order valence-corrected chi connectivity index (χ2v) is 7.18. The average molecular weight is 395 g/mol. The number of pyridine rings is 1. The maximum atomic E-state index is 14.1. The highest BCUT2D eigenvalue weighted by Gasteiger charge is 2.15. The first-order chi connectivity index (χ1) is 13.7.